The molecule has 0 aliphatic carbocycles. The molecule has 3 rings (SSSR count). The molecule has 120 valence electrons. The standard InChI is InChI=1S/C19H19N5/c1-15-16(14-24(23-15)18-9-3-2-4-10-18)7-6-12-21-19-11-5-8-17(13-20)22-19/h2-5,8-11,14H,6-7,12H2,1H3,(H,21,22). The molecule has 3 aromatic rings. The first-order chi connectivity index (χ1) is 11.8. The van der Waals surface area contributed by atoms with Crippen LogP contribution in [0.25, 0.3) is 5.69 Å². The number of nitriles is 1. The largest absolute Gasteiger partial charge is 0.370 e. The Kier molecular flexibility index (Phi) is 4.87. The number of nitrogens with one attached hydrogen (secondary N) is 1. The van der Waals surface area contributed by atoms with Crippen molar-refractivity contribution in [2.45, 2.75) is 19.8 Å². The van der Waals surface area contributed by atoms with Crippen molar-refractivity contribution in [2.24, 2.45) is 0 Å². The molecule has 0 bridgehead atoms. The Labute approximate surface area is 141 Å². The lowest BCUT2D eigenvalue weighted by atomic mass is 10.1. The Balaban J connectivity index is 1.55. The van der Waals surface area contributed by atoms with Crippen molar-refractivity contribution in [3.05, 3.63) is 71.7 Å². The van der Waals surface area contributed by atoms with Crippen LogP contribution in [0.5, 0.6) is 0 Å². The maximum atomic E-state index is 8.86. The molecule has 0 aliphatic rings. The van der Waals surface area contributed by atoms with Crippen LogP contribution >= 0.6 is 0 Å². The summed E-state index contributed by atoms with van der Waals surface area (Å²) >= 11 is 0. The molecule has 0 atom stereocenters. The summed E-state index contributed by atoms with van der Waals surface area (Å²) in [5.41, 5.74) is 3.81. The van der Waals surface area contributed by atoms with E-state index < -0.39 is 0 Å². The lowest BCUT2D eigenvalue weighted by Crippen LogP contribution is -2.05. The Morgan fingerprint density at radius 3 is 2.75 bits per heavy atom. The van der Waals surface area contributed by atoms with Crippen LogP contribution in [0.4, 0.5) is 5.82 Å². The minimum absolute atomic E-state index is 0.431. The average Bonchev–Trinajstić information content (AvgIpc) is 3.00. The van der Waals surface area contributed by atoms with Crippen LogP contribution < -0.4 is 5.32 Å². The number of pyridine rings is 1. The smallest absolute Gasteiger partial charge is 0.142 e. The molecule has 5 heteroatoms. The molecule has 0 aliphatic heterocycles. The van der Waals surface area contributed by atoms with Gasteiger partial charge in [-0.1, -0.05) is 24.3 Å². The van der Waals surface area contributed by atoms with E-state index in [0.29, 0.717) is 5.69 Å². The van der Waals surface area contributed by atoms with Crippen LogP contribution in [0.15, 0.2) is 54.7 Å². The van der Waals surface area contributed by atoms with Gasteiger partial charge in [-0.15, -0.1) is 0 Å². The zero-order chi connectivity index (χ0) is 16.8. The summed E-state index contributed by atoms with van der Waals surface area (Å²) in [6.45, 7) is 2.85. The molecule has 0 saturated heterocycles. The highest BCUT2D eigenvalue weighted by Crippen LogP contribution is 2.13. The summed E-state index contributed by atoms with van der Waals surface area (Å²) in [4.78, 5) is 4.21. The van der Waals surface area contributed by atoms with Crippen LogP contribution in [-0.2, 0) is 6.42 Å². The first-order valence-corrected chi connectivity index (χ1v) is 7.98. The lowest BCUT2D eigenvalue weighted by molar-refractivity contribution is 0.853. The van der Waals surface area contributed by atoms with Crippen molar-refractivity contribution in [1.29, 1.82) is 5.26 Å². The van der Waals surface area contributed by atoms with Gasteiger partial charge >= 0.3 is 0 Å². The van der Waals surface area contributed by atoms with Gasteiger partial charge in [0.25, 0.3) is 0 Å². The van der Waals surface area contributed by atoms with E-state index in [0.717, 1.165) is 36.6 Å². The minimum Gasteiger partial charge on any atom is -0.370 e. The van der Waals surface area contributed by atoms with E-state index in [4.69, 9.17) is 5.26 Å². The highest BCUT2D eigenvalue weighted by Gasteiger charge is 2.06. The summed E-state index contributed by atoms with van der Waals surface area (Å²) in [6, 6.07) is 17.6. The van der Waals surface area contributed by atoms with Crippen LogP contribution in [0.1, 0.15) is 23.4 Å². The Bertz CT molecular complexity index is 846. The van der Waals surface area contributed by atoms with Gasteiger partial charge in [-0.2, -0.15) is 10.4 Å². The molecule has 0 fully saturated rings. The molecule has 0 amide bonds. The fourth-order valence-electron chi connectivity index (χ4n) is 2.54. The quantitative estimate of drug-likeness (QED) is 0.707. The van der Waals surface area contributed by atoms with Crippen molar-refractivity contribution >= 4 is 5.82 Å². The second kappa shape index (κ2) is 7.42. The third-order valence-corrected chi connectivity index (χ3v) is 3.81. The van der Waals surface area contributed by atoms with Crippen LogP contribution in [0.3, 0.4) is 0 Å². The SMILES string of the molecule is Cc1nn(-c2ccccc2)cc1CCCNc1cccc(C#N)n1. The fourth-order valence-corrected chi connectivity index (χ4v) is 2.54. The molecule has 0 radical (unpaired) electrons. The lowest BCUT2D eigenvalue weighted by Gasteiger charge is -2.05. The zero-order valence-electron chi connectivity index (χ0n) is 13.6. The van der Waals surface area contributed by atoms with Gasteiger partial charge in [0.05, 0.1) is 11.4 Å². The molecule has 1 N–H and O–H groups in total. The number of benzene rings is 1. The molecular formula is C19H19N5. The van der Waals surface area contributed by atoms with E-state index in [1.165, 1.54) is 5.56 Å². The van der Waals surface area contributed by atoms with Crippen LogP contribution in [0, 0.1) is 18.3 Å². The number of rotatable bonds is 6. The van der Waals surface area contributed by atoms with Gasteiger partial charge in [0.1, 0.15) is 17.6 Å². The maximum Gasteiger partial charge on any atom is 0.142 e. The minimum atomic E-state index is 0.431. The van der Waals surface area contributed by atoms with Crippen molar-refractivity contribution in [1.82, 2.24) is 14.8 Å². The normalized spacial score (nSPS) is 10.3. The fraction of sp³-hybridized carbons (Fsp3) is 0.211. The predicted molar refractivity (Wildman–Crippen MR) is 94.1 cm³/mol. The number of anilines is 1. The third kappa shape index (κ3) is 3.79. The second-order valence-corrected chi connectivity index (χ2v) is 5.57. The highest BCUT2D eigenvalue weighted by atomic mass is 15.3. The molecular weight excluding hydrogens is 298 g/mol. The molecule has 2 heterocycles. The number of para-hydroxylation sites is 1. The average molecular weight is 317 g/mol. The molecule has 1 aromatic carbocycles. The first-order valence-electron chi connectivity index (χ1n) is 7.98. The molecule has 0 unspecified atom stereocenters. The van der Waals surface area contributed by atoms with Gasteiger partial charge in [-0.05, 0) is 49.6 Å². The topological polar surface area (TPSA) is 66.5 Å². The summed E-state index contributed by atoms with van der Waals surface area (Å²) in [7, 11) is 0. The molecule has 24 heavy (non-hydrogen) atoms. The monoisotopic (exact) mass is 317 g/mol. The van der Waals surface area contributed by atoms with Gasteiger partial charge in [0.15, 0.2) is 0 Å². The second-order valence-electron chi connectivity index (χ2n) is 5.57. The van der Waals surface area contributed by atoms with Crippen molar-refractivity contribution in [2.75, 3.05) is 11.9 Å². The molecule has 0 saturated carbocycles. The summed E-state index contributed by atoms with van der Waals surface area (Å²) < 4.78 is 1.93. The van der Waals surface area contributed by atoms with Gasteiger partial charge < -0.3 is 5.32 Å². The summed E-state index contributed by atoms with van der Waals surface area (Å²) in [5, 5.41) is 16.7. The van der Waals surface area contributed by atoms with E-state index in [1.54, 1.807) is 6.07 Å². The molecule has 5 nitrogen and oxygen atoms in total. The first kappa shape index (κ1) is 15.8. The Morgan fingerprint density at radius 1 is 1.12 bits per heavy atom. The summed E-state index contributed by atoms with van der Waals surface area (Å²) in [5.74, 6) is 0.741. The van der Waals surface area contributed by atoms with Crippen molar-refractivity contribution < 1.29 is 0 Å². The van der Waals surface area contributed by atoms with Crippen LogP contribution in [-0.4, -0.2) is 21.3 Å². The zero-order valence-corrected chi connectivity index (χ0v) is 13.6. The van der Waals surface area contributed by atoms with Crippen molar-refractivity contribution in [3.8, 4) is 11.8 Å². The van der Waals surface area contributed by atoms with E-state index in [9.17, 15) is 0 Å². The third-order valence-electron chi connectivity index (χ3n) is 3.81. The molecule has 0 spiro atoms. The number of nitrogens with zero attached hydrogens (tertiary/aromatic N) is 4. The number of hydrogen-bond donors (Lipinski definition) is 1. The molecule has 2 aromatic heterocycles. The van der Waals surface area contributed by atoms with Gasteiger partial charge in [0, 0.05) is 12.7 Å². The van der Waals surface area contributed by atoms with Crippen molar-refractivity contribution in [3.63, 3.8) is 0 Å². The Morgan fingerprint density at radius 2 is 1.96 bits per heavy atom. The van der Waals surface area contributed by atoms with Gasteiger partial charge in [0.2, 0.25) is 0 Å². The number of aryl methyl sites for hydroxylation is 2. The Hall–Kier alpha value is -3.13. The van der Waals surface area contributed by atoms with E-state index in [-0.39, 0.29) is 0 Å². The van der Waals surface area contributed by atoms with Crippen LogP contribution in [0.2, 0.25) is 0 Å². The maximum absolute atomic E-state index is 8.86. The van der Waals surface area contributed by atoms with Gasteiger partial charge in [-0.25, -0.2) is 9.67 Å². The number of aromatic nitrogens is 3. The van der Waals surface area contributed by atoms with Gasteiger partial charge in [-0.3, -0.25) is 0 Å². The summed E-state index contributed by atoms with van der Waals surface area (Å²) in [6.07, 6.45) is 4.02. The van der Waals surface area contributed by atoms with E-state index in [2.05, 4.69) is 21.6 Å². The number of hydrogen-bond acceptors (Lipinski definition) is 4. The van der Waals surface area contributed by atoms with E-state index in [1.807, 2.05) is 60.1 Å². The van der Waals surface area contributed by atoms with E-state index >= 15 is 0 Å². The predicted octanol–water partition coefficient (Wildman–Crippen LogP) is 3.49. The highest BCUT2D eigenvalue weighted by molar-refractivity contribution is 5.38.